The third-order valence-corrected chi connectivity index (χ3v) is 4.70. The predicted octanol–water partition coefficient (Wildman–Crippen LogP) is 3.66. The second-order valence-electron chi connectivity index (χ2n) is 6.39. The maximum absolute atomic E-state index is 12.5. The molecule has 1 heterocycles. The van der Waals surface area contributed by atoms with E-state index >= 15 is 0 Å². The molecule has 0 atom stereocenters. The highest BCUT2D eigenvalue weighted by Gasteiger charge is 2.25. The van der Waals surface area contributed by atoms with Crippen LogP contribution in [-0.2, 0) is 6.54 Å². The van der Waals surface area contributed by atoms with Crippen molar-refractivity contribution in [2.45, 2.75) is 13.5 Å². The van der Waals surface area contributed by atoms with Gasteiger partial charge in [-0.25, -0.2) is 5.43 Å². The Morgan fingerprint density at radius 1 is 1.16 bits per heavy atom. The van der Waals surface area contributed by atoms with E-state index in [-0.39, 0.29) is 17.9 Å². The van der Waals surface area contributed by atoms with Crippen LogP contribution in [0.4, 0.5) is 11.4 Å². The van der Waals surface area contributed by atoms with Gasteiger partial charge in [0.05, 0.1) is 22.1 Å². The minimum atomic E-state index is -0.846. The molecule has 12 heteroatoms. The van der Waals surface area contributed by atoms with Crippen LogP contribution in [0.1, 0.15) is 28.5 Å². The quantitative estimate of drug-likeness (QED) is 0.306. The molecular formula is C19H15BrN6O5. The van der Waals surface area contributed by atoms with Crippen molar-refractivity contribution < 1.29 is 14.6 Å². The van der Waals surface area contributed by atoms with Gasteiger partial charge in [0.25, 0.3) is 11.6 Å². The summed E-state index contributed by atoms with van der Waals surface area (Å²) in [7, 11) is 0. The van der Waals surface area contributed by atoms with Gasteiger partial charge in [0.1, 0.15) is 6.20 Å². The van der Waals surface area contributed by atoms with Crippen LogP contribution in [0, 0.1) is 20.2 Å². The number of carbonyl (C=O) groups is 1. The lowest BCUT2D eigenvalue weighted by Crippen LogP contribution is -2.21. The number of hydrogen-bond acceptors (Lipinski definition) is 7. The number of rotatable bonds is 7. The number of hydrazone groups is 1. The van der Waals surface area contributed by atoms with Gasteiger partial charge in [-0.05, 0) is 42.3 Å². The molecule has 3 aromatic rings. The number of aromatic nitrogens is 2. The van der Waals surface area contributed by atoms with Crippen LogP contribution >= 0.6 is 15.9 Å². The van der Waals surface area contributed by atoms with Crippen molar-refractivity contribution >= 4 is 38.9 Å². The van der Waals surface area contributed by atoms with Gasteiger partial charge >= 0.3 is 5.69 Å². The van der Waals surface area contributed by atoms with Crippen LogP contribution in [0.3, 0.4) is 0 Å². The Balaban J connectivity index is 1.78. The Labute approximate surface area is 183 Å². The van der Waals surface area contributed by atoms with E-state index in [1.165, 1.54) is 35.1 Å². The molecule has 0 spiro atoms. The zero-order chi connectivity index (χ0) is 22.5. The standard InChI is InChI=1S/C19H15BrN6O5/c1-12(14-5-7-16(8-6-14)25(28)29)21-22-19(27)18-17(26(30)31)11-24(23-18)10-13-3-2-4-15(20)9-13/h2-9,11H,10H2,1H3,(H,22,27). The van der Waals surface area contributed by atoms with Crippen molar-refractivity contribution in [1.82, 2.24) is 15.2 Å². The van der Waals surface area contributed by atoms with Gasteiger partial charge in [-0.1, -0.05) is 28.1 Å². The molecule has 1 N–H and O–H groups in total. The van der Waals surface area contributed by atoms with Crippen molar-refractivity contribution in [3.05, 3.63) is 96.2 Å². The maximum atomic E-state index is 12.5. The Hall–Kier alpha value is -3.93. The SMILES string of the molecule is CC(=NNC(=O)c1nn(Cc2cccc(Br)c2)cc1[N+](=O)[O-])c1ccc([N+](=O)[O-])cc1. The molecule has 11 nitrogen and oxygen atoms in total. The highest BCUT2D eigenvalue weighted by atomic mass is 79.9. The average Bonchev–Trinajstić information content (AvgIpc) is 3.16. The normalized spacial score (nSPS) is 11.2. The third-order valence-electron chi connectivity index (χ3n) is 4.21. The number of nitrogens with one attached hydrogen (secondary N) is 1. The molecule has 0 aliphatic heterocycles. The van der Waals surface area contributed by atoms with Gasteiger partial charge < -0.3 is 0 Å². The summed E-state index contributed by atoms with van der Waals surface area (Å²) in [6.07, 6.45) is 1.18. The maximum Gasteiger partial charge on any atom is 0.320 e. The number of nitro benzene ring substituents is 1. The molecule has 0 aliphatic rings. The fourth-order valence-electron chi connectivity index (χ4n) is 2.69. The molecule has 0 aliphatic carbocycles. The second kappa shape index (κ2) is 9.26. The molecule has 0 radical (unpaired) electrons. The minimum Gasteiger partial charge on any atom is -0.265 e. The number of halogens is 1. The van der Waals surface area contributed by atoms with Crippen molar-refractivity contribution in [2.75, 3.05) is 0 Å². The van der Waals surface area contributed by atoms with Crippen LogP contribution in [0.5, 0.6) is 0 Å². The van der Waals surface area contributed by atoms with Crippen LogP contribution in [0.2, 0.25) is 0 Å². The van der Waals surface area contributed by atoms with Crippen LogP contribution in [0.25, 0.3) is 0 Å². The average molecular weight is 487 g/mol. The van der Waals surface area contributed by atoms with Crippen molar-refractivity contribution in [3.8, 4) is 0 Å². The first-order chi connectivity index (χ1) is 14.7. The van der Waals surface area contributed by atoms with E-state index in [1.807, 2.05) is 24.3 Å². The van der Waals surface area contributed by atoms with Gasteiger partial charge in [0, 0.05) is 16.6 Å². The number of hydrogen-bond donors (Lipinski definition) is 1. The van der Waals surface area contributed by atoms with Gasteiger partial charge in [-0.2, -0.15) is 10.2 Å². The van der Waals surface area contributed by atoms with E-state index in [2.05, 4.69) is 31.6 Å². The lowest BCUT2D eigenvalue weighted by molar-refractivity contribution is -0.385. The molecule has 1 amide bonds. The summed E-state index contributed by atoms with van der Waals surface area (Å²) >= 11 is 3.36. The van der Waals surface area contributed by atoms with Crippen molar-refractivity contribution in [1.29, 1.82) is 0 Å². The zero-order valence-electron chi connectivity index (χ0n) is 16.1. The lowest BCUT2D eigenvalue weighted by Gasteiger charge is -2.02. The monoisotopic (exact) mass is 486 g/mol. The molecule has 31 heavy (non-hydrogen) atoms. The van der Waals surface area contributed by atoms with E-state index in [1.54, 1.807) is 6.92 Å². The van der Waals surface area contributed by atoms with Crippen LogP contribution < -0.4 is 5.43 Å². The first kappa shape index (κ1) is 21.8. The summed E-state index contributed by atoms with van der Waals surface area (Å²) in [5, 5.41) is 30.1. The van der Waals surface area contributed by atoms with E-state index in [4.69, 9.17) is 0 Å². The Morgan fingerprint density at radius 3 is 2.48 bits per heavy atom. The van der Waals surface area contributed by atoms with Crippen molar-refractivity contribution in [2.24, 2.45) is 5.10 Å². The van der Waals surface area contributed by atoms with E-state index in [0.717, 1.165) is 10.0 Å². The van der Waals surface area contributed by atoms with Crippen LogP contribution in [0.15, 0.2) is 64.3 Å². The summed E-state index contributed by atoms with van der Waals surface area (Å²) < 4.78 is 2.16. The number of non-ortho nitro benzene ring substituents is 1. The highest BCUT2D eigenvalue weighted by molar-refractivity contribution is 9.10. The smallest absolute Gasteiger partial charge is 0.265 e. The molecule has 158 valence electrons. The summed E-state index contributed by atoms with van der Waals surface area (Å²) in [6, 6.07) is 12.9. The molecular weight excluding hydrogens is 472 g/mol. The molecule has 0 saturated heterocycles. The summed E-state index contributed by atoms with van der Waals surface area (Å²) in [5.41, 5.74) is 3.09. The lowest BCUT2D eigenvalue weighted by atomic mass is 10.1. The Kier molecular flexibility index (Phi) is 6.50. The first-order valence-corrected chi connectivity index (χ1v) is 9.59. The molecule has 0 unspecified atom stereocenters. The number of amides is 1. The number of nitro groups is 2. The molecule has 2 aromatic carbocycles. The van der Waals surface area contributed by atoms with Gasteiger partial charge in [-0.3, -0.25) is 29.7 Å². The topological polar surface area (TPSA) is 146 Å². The Bertz CT molecular complexity index is 1190. The summed E-state index contributed by atoms with van der Waals surface area (Å²) in [5.74, 6) is -0.846. The number of benzene rings is 2. The third kappa shape index (κ3) is 5.36. The van der Waals surface area contributed by atoms with Crippen molar-refractivity contribution in [3.63, 3.8) is 0 Å². The van der Waals surface area contributed by atoms with E-state index in [0.29, 0.717) is 11.3 Å². The van der Waals surface area contributed by atoms with Gasteiger partial charge in [0.2, 0.25) is 5.69 Å². The summed E-state index contributed by atoms with van der Waals surface area (Å²) in [6.45, 7) is 1.82. The zero-order valence-corrected chi connectivity index (χ0v) is 17.6. The van der Waals surface area contributed by atoms with Crippen LogP contribution in [-0.4, -0.2) is 31.2 Å². The van der Waals surface area contributed by atoms with E-state index < -0.39 is 21.4 Å². The Morgan fingerprint density at radius 2 is 1.87 bits per heavy atom. The molecule has 0 bridgehead atoms. The predicted molar refractivity (Wildman–Crippen MR) is 115 cm³/mol. The first-order valence-electron chi connectivity index (χ1n) is 8.80. The number of nitrogens with zero attached hydrogens (tertiary/aromatic N) is 5. The molecule has 0 fully saturated rings. The highest BCUT2D eigenvalue weighted by Crippen LogP contribution is 2.19. The molecule has 0 saturated carbocycles. The fourth-order valence-corrected chi connectivity index (χ4v) is 3.13. The molecule has 3 rings (SSSR count). The fraction of sp³-hybridized carbons (Fsp3) is 0.105. The molecule has 1 aromatic heterocycles. The minimum absolute atomic E-state index is 0.0767. The largest absolute Gasteiger partial charge is 0.320 e. The van der Waals surface area contributed by atoms with Gasteiger partial charge in [0.15, 0.2) is 0 Å². The second-order valence-corrected chi connectivity index (χ2v) is 7.31. The number of carbonyl (C=O) groups excluding carboxylic acids is 1. The summed E-state index contributed by atoms with van der Waals surface area (Å²) in [4.78, 5) is 33.4. The van der Waals surface area contributed by atoms with E-state index in [9.17, 15) is 25.0 Å². The van der Waals surface area contributed by atoms with Gasteiger partial charge in [-0.15, -0.1) is 0 Å².